The minimum atomic E-state index is 0.376. The molecule has 1 unspecified atom stereocenters. The number of amidine groups is 1. The van der Waals surface area contributed by atoms with Gasteiger partial charge in [-0.3, -0.25) is 4.99 Å². The summed E-state index contributed by atoms with van der Waals surface area (Å²) in [6, 6.07) is 15.9. The molecule has 0 amide bonds. The fourth-order valence-corrected chi connectivity index (χ4v) is 3.32. The zero-order valence-corrected chi connectivity index (χ0v) is 12.8. The van der Waals surface area contributed by atoms with E-state index in [-0.39, 0.29) is 0 Å². The predicted molar refractivity (Wildman–Crippen MR) is 89.2 cm³/mol. The van der Waals surface area contributed by atoms with E-state index in [0.29, 0.717) is 15.3 Å². The molecule has 102 valence electrons. The second kappa shape index (κ2) is 6.08. The van der Waals surface area contributed by atoms with Gasteiger partial charge in [-0.25, -0.2) is 0 Å². The Balaban J connectivity index is 1.67. The Morgan fingerprint density at radius 3 is 2.60 bits per heavy atom. The molecule has 20 heavy (non-hydrogen) atoms. The number of benzene rings is 2. The van der Waals surface area contributed by atoms with Gasteiger partial charge in [0.25, 0.3) is 0 Å². The lowest BCUT2D eigenvalue weighted by Gasteiger charge is -2.09. The first kappa shape index (κ1) is 13.8. The first-order valence-electron chi connectivity index (χ1n) is 6.20. The van der Waals surface area contributed by atoms with E-state index in [2.05, 4.69) is 34.6 Å². The lowest BCUT2D eigenvalue weighted by Crippen LogP contribution is -2.05. The summed E-state index contributed by atoms with van der Waals surface area (Å²) < 4.78 is 0. The van der Waals surface area contributed by atoms with Crippen molar-refractivity contribution in [3.63, 3.8) is 0 Å². The molecule has 0 aromatic heterocycles. The maximum atomic E-state index is 6.01. The standard InChI is InChI=1S/C15H12Cl2N2S/c16-12-7-6-11(8-13(12)17)19-15-18-9-14(20-15)10-4-2-1-3-5-10/h1-8,14H,9H2,(H,18,19). The molecule has 0 spiro atoms. The van der Waals surface area contributed by atoms with E-state index in [1.54, 1.807) is 17.8 Å². The fraction of sp³-hybridized carbons (Fsp3) is 0.133. The van der Waals surface area contributed by atoms with Crippen molar-refractivity contribution in [2.45, 2.75) is 5.25 Å². The molecule has 0 fully saturated rings. The van der Waals surface area contributed by atoms with Crippen molar-refractivity contribution in [2.24, 2.45) is 4.99 Å². The molecule has 2 aromatic carbocycles. The molecule has 0 radical (unpaired) electrons. The van der Waals surface area contributed by atoms with Crippen LogP contribution in [0, 0.1) is 0 Å². The van der Waals surface area contributed by atoms with Crippen LogP contribution in [0.4, 0.5) is 5.69 Å². The third-order valence-corrected chi connectivity index (χ3v) is 4.90. The fourth-order valence-electron chi connectivity index (χ4n) is 1.98. The number of nitrogens with one attached hydrogen (secondary N) is 1. The summed E-state index contributed by atoms with van der Waals surface area (Å²) in [5.41, 5.74) is 2.20. The Kier molecular flexibility index (Phi) is 4.20. The maximum Gasteiger partial charge on any atom is 0.161 e. The average Bonchev–Trinajstić information content (AvgIpc) is 2.92. The van der Waals surface area contributed by atoms with Gasteiger partial charge in [-0.2, -0.15) is 0 Å². The van der Waals surface area contributed by atoms with Crippen molar-refractivity contribution >= 4 is 45.8 Å². The van der Waals surface area contributed by atoms with E-state index in [0.717, 1.165) is 17.4 Å². The number of rotatable bonds is 2. The van der Waals surface area contributed by atoms with E-state index < -0.39 is 0 Å². The highest BCUT2D eigenvalue weighted by molar-refractivity contribution is 8.14. The molecular weight excluding hydrogens is 311 g/mol. The van der Waals surface area contributed by atoms with Crippen LogP contribution in [0.5, 0.6) is 0 Å². The highest BCUT2D eigenvalue weighted by atomic mass is 35.5. The molecule has 0 aliphatic carbocycles. The molecule has 5 heteroatoms. The SMILES string of the molecule is Clc1ccc(NC2=NCC(c3ccccc3)S2)cc1Cl. The number of hydrogen-bond acceptors (Lipinski definition) is 3. The second-order valence-corrected chi connectivity index (χ2v) is 6.42. The van der Waals surface area contributed by atoms with Crippen LogP contribution in [0.3, 0.4) is 0 Å². The molecule has 1 N–H and O–H groups in total. The van der Waals surface area contributed by atoms with Gasteiger partial charge in [-0.15, -0.1) is 0 Å². The summed E-state index contributed by atoms with van der Waals surface area (Å²) in [5.74, 6) is 0. The third kappa shape index (κ3) is 3.11. The molecule has 1 aliphatic heterocycles. The first-order valence-corrected chi connectivity index (χ1v) is 7.84. The molecule has 1 aliphatic rings. The van der Waals surface area contributed by atoms with Crippen LogP contribution in [0.1, 0.15) is 10.8 Å². The van der Waals surface area contributed by atoms with Crippen LogP contribution in [0.25, 0.3) is 0 Å². The predicted octanol–water partition coefficient (Wildman–Crippen LogP) is 5.25. The van der Waals surface area contributed by atoms with Crippen molar-refractivity contribution in [1.82, 2.24) is 0 Å². The van der Waals surface area contributed by atoms with Crippen LogP contribution in [0.2, 0.25) is 10.0 Å². The molecular formula is C15H12Cl2N2S. The molecule has 0 bridgehead atoms. The Morgan fingerprint density at radius 1 is 1.05 bits per heavy atom. The average molecular weight is 323 g/mol. The number of hydrogen-bond donors (Lipinski definition) is 1. The van der Waals surface area contributed by atoms with Gasteiger partial charge in [0.2, 0.25) is 0 Å². The van der Waals surface area contributed by atoms with Gasteiger partial charge >= 0.3 is 0 Å². The molecule has 1 atom stereocenters. The van der Waals surface area contributed by atoms with Gasteiger partial charge in [0.1, 0.15) is 0 Å². The minimum absolute atomic E-state index is 0.376. The molecule has 2 nitrogen and oxygen atoms in total. The minimum Gasteiger partial charge on any atom is -0.335 e. The molecule has 3 rings (SSSR count). The Hall–Kier alpha value is -1.16. The largest absolute Gasteiger partial charge is 0.335 e. The van der Waals surface area contributed by atoms with Gasteiger partial charge < -0.3 is 5.32 Å². The van der Waals surface area contributed by atoms with E-state index in [4.69, 9.17) is 23.2 Å². The number of thioether (sulfide) groups is 1. The smallest absolute Gasteiger partial charge is 0.161 e. The van der Waals surface area contributed by atoms with Crippen molar-refractivity contribution in [2.75, 3.05) is 11.9 Å². The summed E-state index contributed by atoms with van der Waals surface area (Å²) in [4.78, 5) is 4.53. The summed E-state index contributed by atoms with van der Waals surface area (Å²) in [6.07, 6.45) is 0. The topological polar surface area (TPSA) is 24.4 Å². The Labute approximate surface area is 132 Å². The number of anilines is 1. The van der Waals surface area contributed by atoms with Crippen LogP contribution < -0.4 is 5.32 Å². The molecule has 0 saturated carbocycles. The summed E-state index contributed by atoms with van der Waals surface area (Å²) >= 11 is 13.6. The Morgan fingerprint density at radius 2 is 1.85 bits per heavy atom. The van der Waals surface area contributed by atoms with Crippen LogP contribution >= 0.6 is 35.0 Å². The van der Waals surface area contributed by atoms with Crippen molar-refractivity contribution in [3.8, 4) is 0 Å². The van der Waals surface area contributed by atoms with Crippen LogP contribution in [-0.4, -0.2) is 11.7 Å². The van der Waals surface area contributed by atoms with Gasteiger partial charge in [0.05, 0.1) is 21.8 Å². The van der Waals surface area contributed by atoms with Crippen molar-refractivity contribution in [3.05, 3.63) is 64.1 Å². The monoisotopic (exact) mass is 322 g/mol. The van der Waals surface area contributed by atoms with E-state index in [9.17, 15) is 0 Å². The zero-order chi connectivity index (χ0) is 13.9. The lowest BCUT2D eigenvalue weighted by molar-refractivity contribution is 0.966. The van der Waals surface area contributed by atoms with E-state index in [1.165, 1.54) is 5.56 Å². The molecule has 2 aromatic rings. The first-order chi connectivity index (χ1) is 9.72. The van der Waals surface area contributed by atoms with E-state index >= 15 is 0 Å². The van der Waals surface area contributed by atoms with Crippen molar-refractivity contribution < 1.29 is 0 Å². The normalized spacial score (nSPS) is 17.9. The van der Waals surface area contributed by atoms with Gasteiger partial charge in [0.15, 0.2) is 5.17 Å². The van der Waals surface area contributed by atoms with Crippen molar-refractivity contribution in [1.29, 1.82) is 0 Å². The summed E-state index contributed by atoms with van der Waals surface area (Å²) in [5, 5.41) is 5.67. The van der Waals surface area contributed by atoms with Gasteiger partial charge in [-0.05, 0) is 23.8 Å². The maximum absolute atomic E-state index is 6.01. The Bertz CT molecular complexity index is 644. The van der Waals surface area contributed by atoms with Gasteiger partial charge in [0, 0.05) is 5.69 Å². The summed E-state index contributed by atoms with van der Waals surface area (Å²) in [7, 11) is 0. The van der Waals surface area contributed by atoms with E-state index in [1.807, 2.05) is 18.2 Å². The van der Waals surface area contributed by atoms with Crippen LogP contribution in [0.15, 0.2) is 53.5 Å². The molecule has 1 heterocycles. The molecule has 0 saturated heterocycles. The quantitative estimate of drug-likeness (QED) is 0.816. The lowest BCUT2D eigenvalue weighted by atomic mass is 10.1. The second-order valence-electron chi connectivity index (χ2n) is 4.42. The number of nitrogens with zero attached hydrogens (tertiary/aromatic N) is 1. The summed E-state index contributed by atoms with van der Waals surface area (Å²) in [6.45, 7) is 0.790. The third-order valence-electron chi connectivity index (χ3n) is 3.00. The zero-order valence-electron chi connectivity index (χ0n) is 10.5. The highest BCUT2D eigenvalue weighted by Crippen LogP contribution is 2.35. The van der Waals surface area contributed by atoms with Gasteiger partial charge in [-0.1, -0.05) is 65.3 Å². The highest BCUT2D eigenvalue weighted by Gasteiger charge is 2.21. The number of halogens is 2. The van der Waals surface area contributed by atoms with Crippen LogP contribution in [-0.2, 0) is 0 Å². The number of aliphatic imine (C=N–C) groups is 1.